The average molecular weight is 326 g/mol. The Bertz CT molecular complexity index is 525. The predicted molar refractivity (Wildman–Crippen MR) is 88.7 cm³/mol. The maximum absolute atomic E-state index is 12.3. The van der Waals surface area contributed by atoms with Crippen molar-refractivity contribution in [3.8, 4) is 5.75 Å². The molecule has 0 aromatic heterocycles. The van der Waals surface area contributed by atoms with Crippen LogP contribution in [-0.2, 0) is 0 Å². The van der Waals surface area contributed by atoms with Crippen LogP contribution in [0.5, 0.6) is 5.75 Å². The van der Waals surface area contributed by atoms with Crippen LogP contribution < -0.4 is 20.3 Å². The van der Waals surface area contributed by atoms with E-state index < -0.39 is 13.0 Å². The van der Waals surface area contributed by atoms with Crippen molar-refractivity contribution in [2.24, 2.45) is 4.99 Å². The first-order valence-corrected chi connectivity index (χ1v) is 7.85. The van der Waals surface area contributed by atoms with Gasteiger partial charge in [-0.15, -0.1) is 0 Å². The van der Waals surface area contributed by atoms with E-state index in [0.717, 1.165) is 30.9 Å². The Labute approximate surface area is 135 Å². The monoisotopic (exact) mass is 326 g/mol. The van der Waals surface area contributed by atoms with Crippen LogP contribution in [0, 0.1) is 0 Å². The number of methoxy groups -OCH3 is 1. The fourth-order valence-electron chi connectivity index (χ4n) is 2.66. The van der Waals surface area contributed by atoms with Crippen molar-refractivity contribution in [3.05, 3.63) is 24.3 Å². The van der Waals surface area contributed by atoms with Gasteiger partial charge in [0, 0.05) is 25.7 Å². The molecular formula is C16H24F2N4O. The van der Waals surface area contributed by atoms with Gasteiger partial charge in [0.15, 0.2) is 5.96 Å². The smallest absolute Gasteiger partial charge is 0.257 e. The Morgan fingerprint density at radius 3 is 2.91 bits per heavy atom. The normalized spacial score (nSPS) is 18.4. The predicted octanol–water partition coefficient (Wildman–Crippen LogP) is 2.09. The van der Waals surface area contributed by atoms with Gasteiger partial charge in [-0.1, -0.05) is 12.1 Å². The Morgan fingerprint density at radius 2 is 2.22 bits per heavy atom. The van der Waals surface area contributed by atoms with Crippen molar-refractivity contribution in [3.63, 3.8) is 0 Å². The zero-order chi connectivity index (χ0) is 16.7. The molecule has 1 atom stereocenters. The third kappa shape index (κ3) is 4.97. The highest BCUT2D eigenvalue weighted by Gasteiger charge is 2.25. The molecule has 1 unspecified atom stereocenters. The number of alkyl halides is 2. The molecule has 128 valence electrons. The summed E-state index contributed by atoms with van der Waals surface area (Å²) in [6.07, 6.45) is -1.52. The highest BCUT2D eigenvalue weighted by molar-refractivity contribution is 5.80. The zero-order valence-electron chi connectivity index (χ0n) is 13.6. The Morgan fingerprint density at radius 1 is 1.43 bits per heavy atom. The summed E-state index contributed by atoms with van der Waals surface area (Å²) >= 11 is 0. The lowest BCUT2D eigenvalue weighted by atomic mass is 10.2. The van der Waals surface area contributed by atoms with Crippen LogP contribution in [-0.4, -0.2) is 51.7 Å². The first-order chi connectivity index (χ1) is 11.1. The van der Waals surface area contributed by atoms with Gasteiger partial charge in [0.05, 0.1) is 12.8 Å². The highest BCUT2D eigenvalue weighted by Crippen LogP contribution is 2.30. The molecule has 0 bridgehead atoms. The number of hydrogen-bond acceptors (Lipinski definition) is 3. The molecule has 1 saturated heterocycles. The van der Waals surface area contributed by atoms with E-state index in [1.807, 2.05) is 31.2 Å². The lowest BCUT2D eigenvalue weighted by molar-refractivity contribution is 0.158. The van der Waals surface area contributed by atoms with Crippen LogP contribution in [0.25, 0.3) is 0 Å². The van der Waals surface area contributed by atoms with E-state index in [0.29, 0.717) is 12.5 Å². The van der Waals surface area contributed by atoms with Crippen LogP contribution in [0.2, 0.25) is 0 Å². The summed E-state index contributed by atoms with van der Waals surface area (Å²) in [4.78, 5) is 6.14. The van der Waals surface area contributed by atoms with E-state index in [-0.39, 0.29) is 6.04 Å². The van der Waals surface area contributed by atoms with E-state index in [9.17, 15) is 8.78 Å². The quantitative estimate of drug-likeness (QED) is 0.621. The van der Waals surface area contributed by atoms with Crippen LogP contribution in [0.15, 0.2) is 29.3 Å². The molecule has 5 nitrogen and oxygen atoms in total. The molecule has 0 spiro atoms. The molecule has 0 saturated carbocycles. The van der Waals surface area contributed by atoms with Gasteiger partial charge in [-0.2, -0.15) is 0 Å². The Hall–Kier alpha value is -2.05. The van der Waals surface area contributed by atoms with Crippen LogP contribution >= 0.6 is 0 Å². The number of guanidine groups is 1. The van der Waals surface area contributed by atoms with Gasteiger partial charge >= 0.3 is 0 Å². The fourth-order valence-corrected chi connectivity index (χ4v) is 2.66. The lowest BCUT2D eigenvalue weighted by Crippen LogP contribution is -2.44. The molecule has 0 amide bonds. The highest BCUT2D eigenvalue weighted by atomic mass is 19.3. The number of hydrogen-bond donors (Lipinski definition) is 2. The van der Waals surface area contributed by atoms with E-state index >= 15 is 0 Å². The first kappa shape index (κ1) is 17.3. The standard InChI is InChI=1S/C16H24F2N4O/c1-3-19-16(20-10-15(17)18)21-12-8-9-22(11-12)13-6-4-5-7-14(13)23-2/h4-7,12,15H,3,8-11H2,1-2H3,(H2,19,20,21). The van der Waals surface area contributed by atoms with Crippen LogP contribution in [0.3, 0.4) is 0 Å². The van der Waals surface area contributed by atoms with Crippen molar-refractivity contribution in [1.29, 1.82) is 0 Å². The van der Waals surface area contributed by atoms with Gasteiger partial charge in [0.25, 0.3) is 6.43 Å². The van der Waals surface area contributed by atoms with Crippen molar-refractivity contribution in [2.75, 3.05) is 38.2 Å². The molecule has 1 aliphatic heterocycles. The fraction of sp³-hybridized carbons (Fsp3) is 0.562. The number of para-hydroxylation sites is 2. The van der Waals surface area contributed by atoms with E-state index in [1.165, 1.54) is 0 Å². The number of halogens is 2. The lowest BCUT2D eigenvalue weighted by Gasteiger charge is -2.22. The molecule has 1 heterocycles. The number of rotatable bonds is 6. The number of anilines is 1. The molecule has 0 radical (unpaired) electrons. The SMILES string of the molecule is CCNC(=NCC(F)F)NC1CCN(c2ccccc2OC)C1. The number of nitrogens with zero attached hydrogens (tertiary/aromatic N) is 2. The van der Waals surface area contributed by atoms with Crippen molar-refractivity contribution >= 4 is 11.6 Å². The van der Waals surface area contributed by atoms with E-state index in [1.54, 1.807) is 7.11 Å². The number of aliphatic imine (C=N–C) groups is 1. The van der Waals surface area contributed by atoms with Crippen molar-refractivity contribution in [2.45, 2.75) is 25.8 Å². The summed E-state index contributed by atoms with van der Waals surface area (Å²) in [5.41, 5.74) is 1.05. The van der Waals surface area contributed by atoms with Crippen molar-refractivity contribution in [1.82, 2.24) is 10.6 Å². The summed E-state index contributed by atoms with van der Waals surface area (Å²) in [6.45, 7) is 3.72. The second-order valence-corrected chi connectivity index (χ2v) is 5.36. The molecular weight excluding hydrogens is 302 g/mol. The second kappa shape index (κ2) is 8.55. The Kier molecular flexibility index (Phi) is 6.43. The number of nitrogens with one attached hydrogen (secondary N) is 2. The van der Waals surface area contributed by atoms with E-state index in [4.69, 9.17) is 4.74 Å². The molecule has 1 aromatic rings. The van der Waals surface area contributed by atoms with Gasteiger partial charge < -0.3 is 20.3 Å². The van der Waals surface area contributed by atoms with Gasteiger partial charge in [0.2, 0.25) is 0 Å². The Balaban J connectivity index is 1.97. The summed E-state index contributed by atoms with van der Waals surface area (Å²) in [6, 6.07) is 8.04. The summed E-state index contributed by atoms with van der Waals surface area (Å²) in [7, 11) is 1.66. The van der Waals surface area contributed by atoms with Gasteiger partial charge in [0.1, 0.15) is 12.3 Å². The summed E-state index contributed by atoms with van der Waals surface area (Å²) in [5, 5.41) is 6.24. The summed E-state index contributed by atoms with van der Waals surface area (Å²) in [5.74, 6) is 1.28. The molecule has 7 heteroatoms. The zero-order valence-corrected chi connectivity index (χ0v) is 13.6. The molecule has 1 fully saturated rings. The van der Waals surface area contributed by atoms with Crippen molar-refractivity contribution < 1.29 is 13.5 Å². The third-order valence-corrected chi connectivity index (χ3v) is 3.69. The molecule has 0 aliphatic carbocycles. The molecule has 23 heavy (non-hydrogen) atoms. The molecule has 2 N–H and O–H groups in total. The van der Waals surface area contributed by atoms with Crippen LogP contribution in [0.4, 0.5) is 14.5 Å². The second-order valence-electron chi connectivity index (χ2n) is 5.36. The van der Waals surface area contributed by atoms with Gasteiger partial charge in [-0.05, 0) is 25.5 Å². The maximum atomic E-state index is 12.3. The third-order valence-electron chi connectivity index (χ3n) is 3.69. The maximum Gasteiger partial charge on any atom is 0.257 e. The number of ether oxygens (including phenoxy) is 1. The minimum Gasteiger partial charge on any atom is -0.495 e. The van der Waals surface area contributed by atoms with Crippen LogP contribution in [0.1, 0.15) is 13.3 Å². The largest absolute Gasteiger partial charge is 0.495 e. The summed E-state index contributed by atoms with van der Waals surface area (Å²) < 4.78 is 30.1. The molecule has 1 aromatic carbocycles. The van der Waals surface area contributed by atoms with Gasteiger partial charge in [-0.3, -0.25) is 0 Å². The average Bonchev–Trinajstić information content (AvgIpc) is 3.01. The first-order valence-electron chi connectivity index (χ1n) is 7.85. The molecule has 1 aliphatic rings. The number of benzene rings is 1. The van der Waals surface area contributed by atoms with E-state index in [2.05, 4.69) is 20.5 Å². The topological polar surface area (TPSA) is 48.9 Å². The minimum absolute atomic E-state index is 0.162. The minimum atomic E-state index is -2.43. The van der Waals surface area contributed by atoms with Gasteiger partial charge in [-0.25, -0.2) is 13.8 Å². The molecule has 2 rings (SSSR count).